The Labute approximate surface area is 123 Å². The summed E-state index contributed by atoms with van der Waals surface area (Å²) < 4.78 is 1.70. The molecule has 1 amide bonds. The second-order valence-electron chi connectivity index (χ2n) is 4.58. The fourth-order valence-electron chi connectivity index (χ4n) is 2.37. The number of amides is 1. The molecule has 0 aromatic heterocycles. The van der Waals surface area contributed by atoms with Gasteiger partial charge in [-0.25, -0.2) is 0 Å². The molecule has 5 heteroatoms. The van der Waals surface area contributed by atoms with Gasteiger partial charge in [-0.15, -0.1) is 0 Å². The summed E-state index contributed by atoms with van der Waals surface area (Å²) in [5, 5.41) is 12.3. The molecule has 0 heterocycles. The predicted molar refractivity (Wildman–Crippen MR) is 77.5 cm³/mol. The minimum Gasteiger partial charge on any atom is -0.396 e. The number of carbonyl (C=O) groups excluding carboxylic acids is 1. The maximum atomic E-state index is 12.2. The fraction of sp³-hybridized carbons (Fsp3) is 0.462. The molecule has 1 fully saturated rings. The van der Waals surface area contributed by atoms with E-state index in [2.05, 4.69) is 37.2 Å². The first-order valence-electron chi connectivity index (χ1n) is 5.98. The Bertz CT molecular complexity index is 451. The maximum absolute atomic E-state index is 12.2. The summed E-state index contributed by atoms with van der Waals surface area (Å²) >= 11 is 6.75. The van der Waals surface area contributed by atoms with E-state index < -0.39 is 0 Å². The molecule has 3 nitrogen and oxygen atoms in total. The van der Waals surface area contributed by atoms with Crippen molar-refractivity contribution >= 4 is 37.8 Å². The fourth-order valence-corrected chi connectivity index (χ4v) is 3.59. The highest BCUT2D eigenvalue weighted by Crippen LogP contribution is 2.26. The van der Waals surface area contributed by atoms with E-state index >= 15 is 0 Å². The summed E-state index contributed by atoms with van der Waals surface area (Å²) in [4.78, 5) is 12.2. The van der Waals surface area contributed by atoms with Crippen LogP contribution in [0.2, 0.25) is 0 Å². The molecule has 1 saturated carbocycles. The lowest BCUT2D eigenvalue weighted by Gasteiger charge is -2.19. The van der Waals surface area contributed by atoms with Crippen molar-refractivity contribution in [3.05, 3.63) is 32.7 Å². The molecule has 98 valence electrons. The highest BCUT2D eigenvalue weighted by atomic mass is 79.9. The van der Waals surface area contributed by atoms with Crippen molar-refractivity contribution in [2.75, 3.05) is 6.61 Å². The van der Waals surface area contributed by atoms with Crippen LogP contribution in [0, 0.1) is 5.92 Å². The van der Waals surface area contributed by atoms with E-state index in [4.69, 9.17) is 0 Å². The van der Waals surface area contributed by atoms with E-state index in [1.165, 1.54) is 0 Å². The van der Waals surface area contributed by atoms with Gasteiger partial charge in [0.05, 0.1) is 5.56 Å². The highest BCUT2D eigenvalue weighted by Gasteiger charge is 2.28. The van der Waals surface area contributed by atoms with Crippen LogP contribution >= 0.6 is 31.9 Å². The molecule has 0 bridgehead atoms. The molecule has 1 aliphatic rings. The minimum atomic E-state index is -0.0836. The molecule has 0 spiro atoms. The predicted octanol–water partition coefficient (Wildman–Crippen LogP) is 3.10. The smallest absolute Gasteiger partial charge is 0.252 e. The molecule has 0 saturated heterocycles. The summed E-state index contributed by atoms with van der Waals surface area (Å²) in [6, 6.07) is 5.58. The summed E-state index contributed by atoms with van der Waals surface area (Å²) in [6.45, 7) is 0.145. The summed E-state index contributed by atoms with van der Waals surface area (Å²) in [7, 11) is 0. The van der Waals surface area contributed by atoms with Crippen molar-refractivity contribution in [1.29, 1.82) is 0 Å². The number of aliphatic hydroxyl groups is 1. The number of halogens is 2. The first-order valence-corrected chi connectivity index (χ1v) is 7.57. The second-order valence-corrected chi connectivity index (χ2v) is 6.35. The zero-order valence-electron chi connectivity index (χ0n) is 9.83. The Kier molecular flexibility index (Phi) is 4.81. The molecule has 1 aliphatic carbocycles. The third-order valence-electron chi connectivity index (χ3n) is 3.39. The Morgan fingerprint density at radius 1 is 1.39 bits per heavy atom. The van der Waals surface area contributed by atoms with E-state index in [1.54, 1.807) is 6.07 Å². The van der Waals surface area contributed by atoms with Gasteiger partial charge in [-0.2, -0.15) is 0 Å². The van der Waals surface area contributed by atoms with Crippen molar-refractivity contribution in [3.8, 4) is 0 Å². The topological polar surface area (TPSA) is 49.3 Å². The average molecular weight is 377 g/mol. The first kappa shape index (κ1) is 14.0. The van der Waals surface area contributed by atoms with Gasteiger partial charge in [0.25, 0.3) is 5.91 Å². The number of hydrogen-bond donors (Lipinski definition) is 2. The van der Waals surface area contributed by atoms with Crippen LogP contribution in [-0.2, 0) is 0 Å². The first-order chi connectivity index (χ1) is 8.61. The summed E-state index contributed by atoms with van der Waals surface area (Å²) in [5.41, 5.74) is 0.627. The zero-order valence-corrected chi connectivity index (χ0v) is 13.0. The number of aliphatic hydroxyl groups excluding tert-OH is 1. The van der Waals surface area contributed by atoms with Crippen LogP contribution in [-0.4, -0.2) is 23.7 Å². The molecule has 2 rings (SSSR count). The Morgan fingerprint density at radius 3 is 2.83 bits per heavy atom. The second kappa shape index (κ2) is 6.17. The van der Waals surface area contributed by atoms with Crippen molar-refractivity contribution < 1.29 is 9.90 Å². The summed E-state index contributed by atoms with van der Waals surface area (Å²) in [6.07, 6.45) is 3.01. The molecule has 1 aromatic carbocycles. The van der Waals surface area contributed by atoms with Crippen molar-refractivity contribution in [1.82, 2.24) is 5.32 Å². The van der Waals surface area contributed by atoms with E-state index in [1.807, 2.05) is 12.1 Å². The number of rotatable bonds is 3. The molecular formula is C13H15Br2NO2. The van der Waals surface area contributed by atoms with Crippen LogP contribution in [0.3, 0.4) is 0 Å². The largest absolute Gasteiger partial charge is 0.396 e. The van der Waals surface area contributed by atoms with Gasteiger partial charge in [-0.1, -0.05) is 22.4 Å². The van der Waals surface area contributed by atoms with Crippen LogP contribution in [0.5, 0.6) is 0 Å². The number of nitrogens with one attached hydrogen (secondary N) is 1. The lowest BCUT2D eigenvalue weighted by Crippen LogP contribution is -2.38. The Morgan fingerprint density at radius 2 is 2.17 bits per heavy atom. The third-order valence-corrected chi connectivity index (χ3v) is 4.54. The van der Waals surface area contributed by atoms with Crippen LogP contribution in [0.15, 0.2) is 27.1 Å². The van der Waals surface area contributed by atoms with Gasteiger partial charge < -0.3 is 10.4 Å². The molecule has 1 aromatic rings. The van der Waals surface area contributed by atoms with Crippen LogP contribution in [0.1, 0.15) is 29.6 Å². The Hall–Kier alpha value is -0.390. The highest BCUT2D eigenvalue weighted by molar-refractivity contribution is 9.11. The van der Waals surface area contributed by atoms with Gasteiger partial charge in [-0.05, 0) is 47.0 Å². The molecular weight excluding hydrogens is 362 g/mol. The van der Waals surface area contributed by atoms with Gasteiger partial charge in [0.15, 0.2) is 0 Å². The van der Waals surface area contributed by atoms with Gasteiger partial charge >= 0.3 is 0 Å². The number of hydrogen-bond acceptors (Lipinski definition) is 2. The molecule has 2 atom stereocenters. The third kappa shape index (κ3) is 3.13. The van der Waals surface area contributed by atoms with E-state index in [-0.39, 0.29) is 24.5 Å². The minimum absolute atomic E-state index is 0.0836. The van der Waals surface area contributed by atoms with Gasteiger partial charge in [0.1, 0.15) is 0 Å². The zero-order chi connectivity index (χ0) is 13.1. The van der Waals surface area contributed by atoms with Gasteiger partial charge in [-0.3, -0.25) is 4.79 Å². The van der Waals surface area contributed by atoms with Crippen molar-refractivity contribution in [2.45, 2.75) is 25.3 Å². The number of benzene rings is 1. The quantitative estimate of drug-likeness (QED) is 0.851. The van der Waals surface area contributed by atoms with E-state index in [9.17, 15) is 9.90 Å². The maximum Gasteiger partial charge on any atom is 0.252 e. The van der Waals surface area contributed by atoms with Gasteiger partial charge in [0, 0.05) is 27.5 Å². The van der Waals surface area contributed by atoms with Crippen LogP contribution in [0.4, 0.5) is 0 Å². The molecule has 2 N–H and O–H groups in total. The molecule has 0 aliphatic heterocycles. The van der Waals surface area contributed by atoms with E-state index in [0.717, 1.165) is 28.2 Å². The van der Waals surface area contributed by atoms with Crippen molar-refractivity contribution in [2.24, 2.45) is 5.92 Å². The van der Waals surface area contributed by atoms with E-state index in [0.29, 0.717) is 5.56 Å². The lowest BCUT2D eigenvalue weighted by molar-refractivity contribution is 0.0915. The molecule has 2 unspecified atom stereocenters. The lowest BCUT2D eigenvalue weighted by atomic mass is 10.0. The van der Waals surface area contributed by atoms with Crippen molar-refractivity contribution in [3.63, 3.8) is 0 Å². The molecule has 0 radical (unpaired) electrons. The van der Waals surface area contributed by atoms with Gasteiger partial charge in [0.2, 0.25) is 0 Å². The van der Waals surface area contributed by atoms with Crippen LogP contribution in [0.25, 0.3) is 0 Å². The monoisotopic (exact) mass is 375 g/mol. The standard InChI is InChI=1S/C13H15Br2NO2/c14-9-4-5-10(11(15)6-9)13(18)16-12-3-1-2-8(12)7-17/h4-6,8,12,17H,1-3,7H2,(H,16,18). The normalized spacial score (nSPS) is 23.1. The van der Waals surface area contributed by atoms with Crippen LogP contribution < -0.4 is 5.32 Å². The number of carbonyl (C=O) groups is 1. The summed E-state index contributed by atoms with van der Waals surface area (Å²) in [5.74, 6) is 0.114. The SMILES string of the molecule is O=C(NC1CCCC1CO)c1ccc(Br)cc1Br. The molecule has 18 heavy (non-hydrogen) atoms. The average Bonchev–Trinajstić information content (AvgIpc) is 2.76. The Balaban J connectivity index is 2.07.